The predicted octanol–water partition coefficient (Wildman–Crippen LogP) is 1.96. The van der Waals surface area contributed by atoms with Crippen molar-refractivity contribution in [3.63, 3.8) is 0 Å². The molecular weight excluding hydrogens is 366 g/mol. The summed E-state index contributed by atoms with van der Waals surface area (Å²) in [6.45, 7) is 5.82. The second-order valence-corrected chi connectivity index (χ2v) is 7.76. The number of hydrogen-bond acceptors (Lipinski definition) is 6. The third kappa shape index (κ3) is 3.54. The highest BCUT2D eigenvalue weighted by atomic mass is 16.5. The average Bonchev–Trinajstić information content (AvgIpc) is 3.41. The van der Waals surface area contributed by atoms with Crippen LogP contribution in [0.1, 0.15) is 36.1 Å². The maximum Gasteiger partial charge on any atom is 0.147 e. The van der Waals surface area contributed by atoms with Crippen molar-refractivity contribution in [3.05, 3.63) is 53.9 Å². The summed E-state index contributed by atoms with van der Waals surface area (Å²) in [5.74, 6) is 3.60. The molecule has 0 radical (unpaired) electrons. The van der Waals surface area contributed by atoms with Gasteiger partial charge in [-0.1, -0.05) is 12.1 Å². The van der Waals surface area contributed by atoms with Crippen molar-refractivity contribution in [1.82, 2.24) is 34.8 Å². The maximum absolute atomic E-state index is 5.52. The molecule has 0 saturated carbocycles. The molecule has 2 aromatic heterocycles. The molecule has 0 amide bonds. The molecule has 0 aliphatic carbocycles. The van der Waals surface area contributed by atoms with Crippen LogP contribution in [0.3, 0.4) is 0 Å². The number of hydrogen-bond donors (Lipinski definition) is 1. The van der Waals surface area contributed by atoms with E-state index in [-0.39, 0.29) is 0 Å². The van der Waals surface area contributed by atoms with Gasteiger partial charge in [-0.05, 0) is 44.1 Å². The van der Waals surface area contributed by atoms with Crippen LogP contribution >= 0.6 is 0 Å². The van der Waals surface area contributed by atoms with Gasteiger partial charge < -0.3 is 14.6 Å². The molecule has 1 aromatic carbocycles. The number of rotatable bonds is 5. The van der Waals surface area contributed by atoms with Crippen LogP contribution < -0.4 is 10.1 Å². The van der Waals surface area contributed by atoms with Gasteiger partial charge in [0.05, 0.1) is 19.3 Å². The lowest BCUT2D eigenvalue weighted by Gasteiger charge is -2.32. The van der Waals surface area contributed by atoms with Gasteiger partial charge in [-0.25, -0.2) is 4.68 Å². The van der Waals surface area contributed by atoms with Crippen LogP contribution in [0.15, 0.2) is 36.5 Å². The molecule has 0 bridgehead atoms. The van der Waals surface area contributed by atoms with E-state index < -0.39 is 0 Å². The van der Waals surface area contributed by atoms with Gasteiger partial charge >= 0.3 is 0 Å². The Hall–Kier alpha value is -2.71. The number of nitrogens with one attached hydrogen (secondary N) is 1. The Morgan fingerprint density at radius 1 is 1.10 bits per heavy atom. The lowest BCUT2D eigenvalue weighted by atomic mass is 9.95. The van der Waals surface area contributed by atoms with Gasteiger partial charge in [-0.3, -0.25) is 4.90 Å². The van der Waals surface area contributed by atoms with Crippen LogP contribution in [0.25, 0.3) is 5.69 Å². The molecule has 8 heteroatoms. The molecule has 0 atom stereocenters. The van der Waals surface area contributed by atoms with Crippen molar-refractivity contribution in [2.75, 3.05) is 26.7 Å². The van der Waals surface area contributed by atoms with Crippen molar-refractivity contribution in [2.45, 2.75) is 38.4 Å². The van der Waals surface area contributed by atoms with E-state index >= 15 is 0 Å². The highest BCUT2D eigenvalue weighted by Crippen LogP contribution is 2.29. The van der Waals surface area contributed by atoms with E-state index in [1.165, 1.54) is 11.5 Å². The molecule has 1 N–H and O–H groups in total. The Labute approximate surface area is 170 Å². The van der Waals surface area contributed by atoms with E-state index in [4.69, 9.17) is 4.74 Å². The first-order valence-electron chi connectivity index (χ1n) is 10.3. The van der Waals surface area contributed by atoms with E-state index in [9.17, 15) is 0 Å². The Bertz CT molecular complexity index is 971. The van der Waals surface area contributed by atoms with Gasteiger partial charge in [-0.2, -0.15) is 5.10 Å². The zero-order chi connectivity index (χ0) is 19.6. The van der Waals surface area contributed by atoms with E-state index in [2.05, 4.69) is 36.1 Å². The number of piperidine rings is 1. The molecule has 4 heterocycles. The summed E-state index contributed by atoms with van der Waals surface area (Å²) in [5.41, 5.74) is 2.16. The van der Waals surface area contributed by atoms with Gasteiger partial charge in [0.2, 0.25) is 0 Å². The Morgan fingerprint density at radius 2 is 1.97 bits per heavy atom. The number of ether oxygens (including phenoxy) is 1. The fourth-order valence-corrected chi connectivity index (χ4v) is 4.47. The summed E-state index contributed by atoms with van der Waals surface area (Å²) in [5, 5.41) is 16.8. The summed E-state index contributed by atoms with van der Waals surface area (Å²) in [4.78, 5) is 2.51. The third-order valence-electron chi connectivity index (χ3n) is 6.02. The molecule has 2 aliphatic heterocycles. The molecule has 2 aliphatic rings. The molecule has 1 fully saturated rings. The predicted molar refractivity (Wildman–Crippen MR) is 109 cm³/mol. The standard InChI is InChI=1S/C21H27N7O/c1-29-19-5-3-2-4-18(19)28-17(6-9-23-28)15-26-11-7-16(8-12-26)21-25-24-20-14-22-10-13-27(20)21/h2-6,9,16,22H,7-8,10-15H2,1H3. The highest BCUT2D eigenvalue weighted by molar-refractivity contribution is 5.46. The number of methoxy groups -OCH3 is 1. The van der Waals surface area contributed by atoms with Crippen molar-refractivity contribution >= 4 is 0 Å². The summed E-state index contributed by atoms with van der Waals surface area (Å²) in [6.07, 6.45) is 4.10. The van der Waals surface area contributed by atoms with Crippen LogP contribution in [-0.2, 0) is 19.6 Å². The molecule has 1 saturated heterocycles. The fourth-order valence-electron chi connectivity index (χ4n) is 4.47. The van der Waals surface area contributed by atoms with Crippen molar-refractivity contribution < 1.29 is 4.74 Å². The van der Waals surface area contributed by atoms with Gasteiger partial charge in [0, 0.05) is 31.7 Å². The first kappa shape index (κ1) is 18.3. The minimum Gasteiger partial charge on any atom is -0.494 e. The quantitative estimate of drug-likeness (QED) is 0.714. The van der Waals surface area contributed by atoms with Crippen LogP contribution in [0, 0.1) is 0 Å². The molecular formula is C21H27N7O. The number of fused-ring (bicyclic) bond motifs is 1. The first-order chi connectivity index (χ1) is 14.3. The zero-order valence-electron chi connectivity index (χ0n) is 16.8. The Kier molecular flexibility index (Phi) is 5.03. The number of likely N-dealkylation sites (tertiary alicyclic amines) is 1. The van der Waals surface area contributed by atoms with Crippen LogP contribution in [0.5, 0.6) is 5.75 Å². The zero-order valence-corrected chi connectivity index (χ0v) is 16.8. The number of aromatic nitrogens is 5. The smallest absolute Gasteiger partial charge is 0.147 e. The lowest BCUT2D eigenvalue weighted by Crippen LogP contribution is -2.35. The molecule has 5 rings (SSSR count). The number of para-hydroxylation sites is 2. The molecule has 0 spiro atoms. The minimum absolute atomic E-state index is 0.504. The second kappa shape index (κ2) is 7.96. The molecule has 8 nitrogen and oxygen atoms in total. The Morgan fingerprint density at radius 3 is 2.83 bits per heavy atom. The van der Waals surface area contributed by atoms with Gasteiger partial charge in [0.15, 0.2) is 0 Å². The monoisotopic (exact) mass is 393 g/mol. The fraction of sp³-hybridized carbons (Fsp3) is 0.476. The number of nitrogens with zero attached hydrogens (tertiary/aromatic N) is 6. The van der Waals surface area contributed by atoms with Crippen LogP contribution in [0.2, 0.25) is 0 Å². The number of benzene rings is 1. The second-order valence-electron chi connectivity index (χ2n) is 7.76. The topological polar surface area (TPSA) is 73.0 Å². The van der Waals surface area contributed by atoms with Gasteiger partial charge in [0.1, 0.15) is 23.1 Å². The average molecular weight is 393 g/mol. The molecule has 0 unspecified atom stereocenters. The van der Waals surface area contributed by atoms with E-state index in [0.717, 1.165) is 69.4 Å². The summed E-state index contributed by atoms with van der Waals surface area (Å²) >= 11 is 0. The van der Waals surface area contributed by atoms with E-state index in [1.54, 1.807) is 7.11 Å². The largest absolute Gasteiger partial charge is 0.494 e. The van der Waals surface area contributed by atoms with E-state index in [1.807, 2.05) is 35.1 Å². The van der Waals surface area contributed by atoms with Crippen molar-refractivity contribution in [1.29, 1.82) is 0 Å². The molecule has 29 heavy (non-hydrogen) atoms. The minimum atomic E-state index is 0.504. The lowest BCUT2D eigenvalue weighted by molar-refractivity contribution is 0.196. The van der Waals surface area contributed by atoms with Crippen molar-refractivity contribution in [3.8, 4) is 11.4 Å². The van der Waals surface area contributed by atoms with Crippen LogP contribution in [0.4, 0.5) is 0 Å². The summed E-state index contributed by atoms with van der Waals surface area (Å²) in [6, 6.07) is 10.1. The first-order valence-corrected chi connectivity index (χ1v) is 10.3. The summed E-state index contributed by atoms with van der Waals surface area (Å²) < 4.78 is 9.84. The van der Waals surface area contributed by atoms with E-state index in [0.29, 0.717) is 5.92 Å². The third-order valence-corrected chi connectivity index (χ3v) is 6.02. The molecule has 152 valence electrons. The van der Waals surface area contributed by atoms with Gasteiger partial charge in [-0.15, -0.1) is 10.2 Å². The maximum atomic E-state index is 5.52. The van der Waals surface area contributed by atoms with Crippen LogP contribution in [-0.4, -0.2) is 56.2 Å². The van der Waals surface area contributed by atoms with Crippen molar-refractivity contribution in [2.24, 2.45) is 0 Å². The normalized spacial score (nSPS) is 18.0. The Balaban J connectivity index is 1.26. The van der Waals surface area contributed by atoms with Gasteiger partial charge in [0.25, 0.3) is 0 Å². The SMILES string of the molecule is COc1ccccc1-n1nccc1CN1CCC(c2nnc3n2CCNC3)CC1. The summed E-state index contributed by atoms with van der Waals surface area (Å²) in [7, 11) is 1.70. The molecule has 3 aromatic rings. The highest BCUT2D eigenvalue weighted by Gasteiger charge is 2.27.